The molecule has 0 aromatic heterocycles. The summed E-state index contributed by atoms with van der Waals surface area (Å²) in [7, 11) is 0. The van der Waals surface area contributed by atoms with E-state index in [-0.39, 0.29) is 16.9 Å². The fourth-order valence-corrected chi connectivity index (χ4v) is 3.26. The third-order valence-electron chi connectivity index (χ3n) is 4.78. The van der Waals surface area contributed by atoms with Crippen LogP contribution in [0.2, 0.25) is 0 Å². The Kier molecular flexibility index (Phi) is 8.37. The van der Waals surface area contributed by atoms with E-state index in [4.69, 9.17) is 21.7 Å². The fourth-order valence-electron chi connectivity index (χ4n) is 3.05. The number of nitrogens with zero attached hydrogens (tertiary/aromatic N) is 1. The Morgan fingerprint density at radius 1 is 1.10 bits per heavy atom. The summed E-state index contributed by atoms with van der Waals surface area (Å²) in [5.41, 5.74) is 1.66. The van der Waals surface area contributed by atoms with Crippen LogP contribution in [0, 0.1) is 0 Å². The first-order valence-corrected chi connectivity index (χ1v) is 10.8. The van der Waals surface area contributed by atoms with Gasteiger partial charge >= 0.3 is 0 Å². The molecular weight excluding hydrogens is 414 g/mol. The Morgan fingerprint density at radius 2 is 1.84 bits per heavy atom. The SMILES string of the molecule is CCCCOc1ccc(C(=O)NC(=S)Nc2cccc(C(=O)N3CCOCC3)c2)cc1. The van der Waals surface area contributed by atoms with Gasteiger partial charge in [-0.3, -0.25) is 14.9 Å². The minimum absolute atomic E-state index is 0.0526. The average Bonchev–Trinajstić information content (AvgIpc) is 2.80. The minimum Gasteiger partial charge on any atom is -0.494 e. The molecule has 2 aromatic rings. The van der Waals surface area contributed by atoms with Crippen LogP contribution in [0.15, 0.2) is 48.5 Å². The molecule has 0 unspecified atom stereocenters. The predicted molar refractivity (Wildman–Crippen MR) is 124 cm³/mol. The number of rotatable bonds is 7. The van der Waals surface area contributed by atoms with Gasteiger partial charge in [-0.15, -0.1) is 0 Å². The van der Waals surface area contributed by atoms with Gasteiger partial charge in [0.25, 0.3) is 11.8 Å². The highest BCUT2D eigenvalue weighted by atomic mass is 32.1. The van der Waals surface area contributed by atoms with Crippen LogP contribution >= 0.6 is 12.2 Å². The van der Waals surface area contributed by atoms with Crippen LogP contribution in [0.25, 0.3) is 0 Å². The van der Waals surface area contributed by atoms with Crippen molar-refractivity contribution in [3.63, 3.8) is 0 Å². The van der Waals surface area contributed by atoms with Crippen LogP contribution in [-0.4, -0.2) is 54.7 Å². The number of hydrogen-bond acceptors (Lipinski definition) is 5. The van der Waals surface area contributed by atoms with Gasteiger partial charge in [-0.1, -0.05) is 19.4 Å². The van der Waals surface area contributed by atoms with Gasteiger partial charge in [0.05, 0.1) is 19.8 Å². The van der Waals surface area contributed by atoms with Crippen LogP contribution in [0.1, 0.15) is 40.5 Å². The molecule has 0 radical (unpaired) electrons. The summed E-state index contributed by atoms with van der Waals surface area (Å²) in [6, 6.07) is 14.0. The smallest absolute Gasteiger partial charge is 0.257 e. The van der Waals surface area contributed by atoms with Gasteiger partial charge in [0.2, 0.25) is 0 Å². The van der Waals surface area contributed by atoms with Crippen LogP contribution in [-0.2, 0) is 4.74 Å². The van der Waals surface area contributed by atoms with Crippen molar-refractivity contribution in [3.05, 3.63) is 59.7 Å². The van der Waals surface area contributed by atoms with Crippen molar-refractivity contribution < 1.29 is 19.1 Å². The molecule has 164 valence electrons. The first-order valence-electron chi connectivity index (χ1n) is 10.4. The van der Waals surface area contributed by atoms with Crippen molar-refractivity contribution in [2.75, 3.05) is 38.2 Å². The molecule has 0 saturated carbocycles. The van der Waals surface area contributed by atoms with Gasteiger partial charge in [0.15, 0.2) is 5.11 Å². The number of nitrogens with one attached hydrogen (secondary N) is 2. The second-order valence-corrected chi connectivity index (χ2v) is 7.53. The molecule has 1 aliphatic heterocycles. The zero-order chi connectivity index (χ0) is 22.1. The Morgan fingerprint density at radius 3 is 2.55 bits per heavy atom. The predicted octanol–water partition coefficient (Wildman–Crippen LogP) is 3.46. The topological polar surface area (TPSA) is 79.9 Å². The number of thiocarbonyl (C=S) groups is 1. The van der Waals surface area contributed by atoms with Crippen molar-refractivity contribution in [3.8, 4) is 5.75 Å². The van der Waals surface area contributed by atoms with Crippen molar-refractivity contribution in [1.29, 1.82) is 0 Å². The van der Waals surface area contributed by atoms with Crippen LogP contribution < -0.4 is 15.4 Å². The molecule has 2 amide bonds. The van der Waals surface area contributed by atoms with Gasteiger partial charge in [-0.2, -0.15) is 0 Å². The molecule has 7 nitrogen and oxygen atoms in total. The molecule has 0 aliphatic carbocycles. The zero-order valence-electron chi connectivity index (χ0n) is 17.6. The third kappa shape index (κ3) is 6.77. The maximum Gasteiger partial charge on any atom is 0.257 e. The number of ether oxygens (including phenoxy) is 2. The molecule has 0 bridgehead atoms. The van der Waals surface area contributed by atoms with Gasteiger partial charge in [0.1, 0.15) is 5.75 Å². The molecule has 1 heterocycles. The Balaban J connectivity index is 1.54. The van der Waals surface area contributed by atoms with E-state index in [9.17, 15) is 9.59 Å². The number of carbonyl (C=O) groups excluding carboxylic acids is 2. The number of morpholine rings is 1. The molecule has 3 rings (SSSR count). The van der Waals surface area contributed by atoms with Crippen molar-refractivity contribution in [2.45, 2.75) is 19.8 Å². The molecule has 1 saturated heterocycles. The number of amides is 2. The second kappa shape index (κ2) is 11.4. The minimum atomic E-state index is -0.321. The molecule has 0 spiro atoms. The van der Waals surface area contributed by atoms with E-state index in [1.54, 1.807) is 53.4 Å². The summed E-state index contributed by atoms with van der Waals surface area (Å²) in [6.07, 6.45) is 2.05. The van der Waals surface area contributed by atoms with Gasteiger partial charge in [0, 0.05) is 29.9 Å². The van der Waals surface area contributed by atoms with E-state index >= 15 is 0 Å². The summed E-state index contributed by atoms with van der Waals surface area (Å²) in [5, 5.41) is 5.78. The normalized spacial score (nSPS) is 13.4. The summed E-state index contributed by atoms with van der Waals surface area (Å²) < 4.78 is 10.9. The van der Waals surface area contributed by atoms with E-state index in [0.29, 0.717) is 49.7 Å². The van der Waals surface area contributed by atoms with E-state index < -0.39 is 0 Å². The molecular formula is C23H27N3O4S. The third-order valence-corrected chi connectivity index (χ3v) is 4.98. The van der Waals surface area contributed by atoms with E-state index in [1.165, 1.54) is 0 Å². The number of unbranched alkanes of at least 4 members (excludes halogenated alkanes) is 1. The highest BCUT2D eigenvalue weighted by Gasteiger charge is 2.18. The largest absolute Gasteiger partial charge is 0.494 e. The van der Waals surface area contributed by atoms with Crippen LogP contribution in [0.5, 0.6) is 5.75 Å². The summed E-state index contributed by atoms with van der Waals surface area (Å²) >= 11 is 5.26. The lowest BCUT2D eigenvalue weighted by atomic mass is 10.1. The monoisotopic (exact) mass is 441 g/mol. The average molecular weight is 442 g/mol. The Bertz CT molecular complexity index is 911. The molecule has 1 aliphatic rings. The summed E-state index contributed by atoms with van der Waals surface area (Å²) in [4.78, 5) is 26.8. The molecule has 1 fully saturated rings. The van der Waals surface area contributed by atoms with E-state index in [0.717, 1.165) is 18.6 Å². The van der Waals surface area contributed by atoms with E-state index in [1.807, 2.05) is 0 Å². The van der Waals surface area contributed by atoms with Gasteiger partial charge < -0.3 is 19.7 Å². The van der Waals surface area contributed by atoms with Gasteiger partial charge in [-0.05, 0) is 61.1 Å². The van der Waals surface area contributed by atoms with E-state index in [2.05, 4.69) is 17.6 Å². The molecule has 2 aromatic carbocycles. The lowest BCUT2D eigenvalue weighted by Gasteiger charge is -2.27. The van der Waals surface area contributed by atoms with Crippen LogP contribution in [0.3, 0.4) is 0 Å². The first kappa shape index (κ1) is 22.7. The number of benzene rings is 2. The van der Waals surface area contributed by atoms with Crippen molar-refractivity contribution in [1.82, 2.24) is 10.2 Å². The van der Waals surface area contributed by atoms with Crippen LogP contribution in [0.4, 0.5) is 5.69 Å². The lowest BCUT2D eigenvalue weighted by molar-refractivity contribution is 0.0303. The molecule has 0 atom stereocenters. The molecule has 2 N–H and O–H groups in total. The highest BCUT2D eigenvalue weighted by molar-refractivity contribution is 7.80. The summed E-state index contributed by atoms with van der Waals surface area (Å²) in [6.45, 7) is 5.01. The standard InChI is InChI=1S/C23H27N3O4S/c1-2-3-13-30-20-9-7-17(8-10-20)21(27)25-23(31)24-19-6-4-5-18(16-19)22(28)26-11-14-29-15-12-26/h4-10,16H,2-3,11-15H2,1H3,(H2,24,25,27,31). The fraction of sp³-hybridized carbons (Fsp3) is 0.348. The number of hydrogen-bond donors (Lipinski definition) is 2. The molecule has 8 heteroatoms. The number of anilines is 1. The quantitative estimate of drug-likeness (QED) is 0.506. The Hall–Kier alpha value is -2.97. The first-order chi connectivity index (χ1) is 15.1. The highest BCUT2D eigenvalue weighted by Crippen LogP contribution is 2.15. The summed E-state index contributed by atoms with van der Waals surface area (Å²) in [5.74, 6) is 0.355. The molecule has 31 heavy (non-hydrogen) atoms. The lowest BCUT2D eigenvalue weighted by Crippen LogP contribution is -2.40. The zero-order valence-corrected chi connectivity index (χ0v) is 18.4. The number of carbonyl (C=O) groups is 2. The maximum absolute atomic E-state index is 12.6. The Labute approximate surface area is 187 Å². The van der Waals surface area contributed by atoms with Crippen molar-refractivity contribution in [2.24, 2.45) is 0 Å². The van der Waals surface area contributed by atoms with Gasteiger partial charge in [-0.25, -0.2) is 0 Å². The second-order valence-electron chi connectivity index (χ2n) is 7.12. The van der Waals surface area contributed by atoms with Crippen molar-refractivity contribution >= 4 is 34.8 Å². The maximum atomic E-state index is 12.6.